The Morgan fingerprint density at radius 3 is 2.64 bits per heavy atom. The molecule has 0 bridgehead atoms. The van der Waals surface area contributed by atoms with Crippen LogP contribution in [0.3, 0.4) is 0 Å². The second kappa shape index (κ2) is 3.37. The smallest absolute Gasteiger partial charge is 0.428 e. The Kier molecular flexibility index (Phi) is 2.06. The van der Waals surface area contributed by atoms with Crippen molar-refractivity contribution in [1.82, 2.24) is 5.43 Å². The molecule has 14 heavy (non-hydrogen) atoms. The first-order valence-corrected chi connectivity index (χ1v) is 4.11. The lowest BCUT2D eigenvalue weighted by molar-refractivity contribution is 0.157. The lowest BCUT2D eigenvalue weighted by Crippen LogP contribution is -2.30. The van der Waals surface area contributed by atoms with Gasteiger partial charge in [-0.25, -0.2) is 10.2 Å². The Hall–Kier alpha value is -2.04. The Balaban J connectivity index is 2.23. The average Bonchev–Trinajstić information content (AvgIpc) is 2.21. The van der Waals surface area contributed by atoms with Crippen molar-refractivity contribution in [3.63, 3.8) is 0 Å². The van der Waals surface area contributed by atoms with E-state index in [-0.39, 0.29) is 6.61 Å². The van der Waals surface area contributed by atoms with Crippen LogP contribution in [0.4, 0.5) is 10.5 Å². The van der Waals surface area contributed by atoms with Crippen molar-refractivity contribution in [3.8, 4) is 0 Å². The van der Waals surface area contributed by atoms with Crippen molar-refractivity contribution in [2.45, 2.75) is 0 Å². The summed E-state index contributed by atoms with van der Waals surface area (Å²) < 4.78 is 4.76. The predicted octanol–water partition coefficient (Wildman–Crippen LogP) is 0.713. The predicted molar refractivity (Wildman–Crippen MR) is 51.9 cm³/mol. The molecule has 5 nitrogen and oxygen atoms in total. The summed E-state index contributed by atoms with van der Waals surface area (Å²) in [6.45, 7) is 0.190. The first-order chi connectivity index (χ1) is 6.75. The molecule has 0 aliphatic carbocycles. The highest BCUT2D eigenvalue weighted by Gasteiger charge is 2.13. The van der Waals surface area contributed by atoms with Gasteiger partial charge in [-0.05, 0) is 12.1 Å². The molecular formula is C9H9N3O2. The summed E-state index contributed by atoms with van der Waals surface area (Å²) >= 11 is 0. The third kappa shape index (κ3) is 1.66. The number of hydrazone groups is 1. The molecule has 3 N–H and O–H groups in total. The molecule has 0 saturated carbocycles. The number of hydrogen-bond acceptors (Lipinski definition) is 4. The van der Waals surface area contributed by atoms with Crippen molar-refractivity contribution in [2.24, 2.45) is 5.10 Å². The summed E-state index contributed by atoms with van der Waals surface area (Å²) in [6, 6.07) is 7.20. The molecule has 1 aromatic rings. The molecule has 2 rings (SSSR count). The van der Waals surface area contributed by atoms with E-state index in [4.69, 9.17) is 10.5 Å². The van der Waals surface area contributed by atoms with E-state index >= 15 is 0 Å². The quantitative estimate of drug-likeness (QED) is 0.642. The second-order valence-electron chi connectivity index (χ2n) is 2.87. The Labute approximate surface area is 80.6 Å². The van der Waals surface area contributed by atoms with Crippen LogP contribution in [-0.2, 0) is 4.74 Å². The standard InChI is InChI=1S/C9H9N3O2/c10-7-3-1-6(2-4-7)8-5-14-9(13)12-11-8/h1-4H,5,10H2,(H,12,13). The fraction of sp³-hybridized carbons (Fsp3) is 0.111. The fourth-order valence-electron chi connectivity index (χ4n) is 1.13. The van der Waals surface area contributed by atoms with Crippen LogP contribution in [-0.4, -0.2) is 18.4 Å². The van der Waals surface area contributed by atoms with Gasteiger partial charge in [0.15, 0.2) is 0 Å². The molecule has 0 atom stereocenters. The summed E-state index contributed by atoms with van der Waals surface area (Å²) in [6.07, 6.45) is -0.524. The molecule has 0 radical (unpaired) electrons. The number of carbonyl (C=O) groups excluding carboxylic acids is 1. The zero-order chi connectivity index (χ0) is 9.97. The van der Waals surface area contributed by atoms with Gasteiger partial charge in [-0.3, -0.25) is 0 Å². The minimum atomic E-state index is -0.524. The summed E-state index contributed by atoms with van der Waals surface area (Å²) in [5, 5.41) is 3.86. The Morgan fingerprint density at radius 1 is 1.36 bits per heavy atom. The summed E-state index contributed by atoms with van der Waals surface area (Å²) in [5.41, 5.74) is 10.0. The molecule has 1 amide bonds. The van der Waals surface area contributed by atoms with Crippen LogP contribution < -0.4 is 11.2 Å². The zero-order valence-electron chi connectivity index (χ0n) is 7.36. The zero-order valence-corrected chi connectivity index (χ0v) is 7.36. The van der Waals surface area contributed by atoms with E-state index in [9.17, 15) is 4.79 Å². The number of benzene rings is 1. The third-order valence-electron chi connectivity index (χ3n) is 1.87. The van der Waals surface area contributed by atoms with Crippen molar-refractivity contribution in [3.05, 3.63) is 29.8 Å². The van der Waals surface area contributed by atoms with Crippen LogP contribution >= 0.6 is 0 Å². The highest BCUT2D eigenvalue weighted by molar-refractivity contribution is 6.03. The van der Waals surface area contributed by atoms with Crippen LogP contribution in [0.25, 0.3) is 0 Å². The highest BCUT2D eigenvalue weighted by Crippen LogP contribution is 2.08. The van der Waals surface area contributed by atoms with E-state index in [0.717, 1.165) is 5.56 Å². The number of nitrogens with one attached hydrogen (secondary N) is 1. The number of rotatable bonds is 1. The maximum absolute atomic E-state index is 10.6. The van der Waals surface area contributed by atoms with Crippen LogP contribution in [0.2, 0.25) is 0 Å². The van der Waals surface area contributed by atoms with Crippen LogP contribution in [0.1, 0.15) is 5.56 Å². The van der Waals surface area contributed by atoms with Crippen LogP contribution in [0.15, 0.2) is 29.4 Å². The number of hydrogen-bond donors (Lipinski definition) is 2. The Morgan fingerprint density at radius 2 is 2.07 bits per heavy atom. The molecule has 1 aliphatic heterocycles. The molecule has 0 saturated heterocycles. The molecule has 1 aliphatic rings. The van der Waals surface area contributed by atoms with Gasteiger partial charge in [-0.15, -0.1) is 0 Å². The number of anilines is 1. The topological polar surface area (TPSA) is 76.7 Å². The third-order valence-corrected chi connectivity index (χ3v) is 1.87. The SMILES string of the molecule is Nc1ccc(C2=NNC(=O)OC2)cc1. The molecular weight excluding hydrogens is 182 g/mol. The largest absolute Gasteiger partial charge is 0.442 e. The lowest BCUT2D eigenvalue weighted by Gasteiger charge is -2.12. The van der Waals surface area contributed by atoms with Gasteiger partial charge in [0.2, 0.25) is 0 Å². The molecule has 1 heterocycles. The van der Waals surface area contributed by atoms with E-state index in [2.05, 4.69) is 10.5 Å². The van der Waals surface area contributed by atoms with Crippen molar-refractivity contribution in [1.29, 1.82) is 0 Å². The minimum absolute atomic E-state index is 0.190. The van der Waals surface area contributed by atoms with Crippen molar-refractivity contribution < 1.29 is 9.53 Å². The number of ether oxygens (including phenoxy) is 1. The molecule has 0 unspecified atom stereocenters. The molecule has 0 aromatic heterocycles. The fourth-order valence-corrected chi connectivity index (χ4v) is 1.13. The summed E-state index contributed by atoms with van der Waals surface area (Å²) in [4.78, 5) is 10.6. The number of cyclic esters (lactones) is 1. The first-order valence-electron chi connectivity index (χ1n) is 4.11. The number of carbonyl (C=O) groups is 1. The van der Waals surface area contributed by atoms with Gasteiger partial charge in [0.25, 0.3) is 0 Å². The minimum Gasteiger partial charge on any atom is -0.442 e. The maximum atomic E-state index is 10.6. The summed E-state index contributed by atoms with van der Waals surface area (Å²) in [7, 11) is 0. The van der Waals surface area contributed by atoms with E-state index in [1.54, 1.807) is 12.1 Å². The molecule has 5 heteroatoms. The number of nitrogens with two attached hydrogens (primary N) is 1. The Bertz CT molecular complexity index is 384. The maximum Gasteiger partial charge on any atom is 0.428 e. The van der Waals surface area contributed by atoms with Gasteiger partial charge in [0, 0.05) is 11.3 Å². The molecule has 0 fully saturated rings. The van der Waals surface area contributed by atoms with E-state index < -0.39 is 6.09 Å². The highest BCUT2D eigenvalue weighted by atomic mass is 16.6. The van der Waals surface area contributed by atoms with E-state index in [1.807, 2.05) is 12.1 Å². The second-order valence-corrected chi connectivity index (χ2v) is 2.87. The van der Waals surface area contributed by atoms with E-state index in [1.165, 1.54) is 0 Å². The molecule has 72 valence electrons. The van der Waals surface area contributed by atoms with Gasteiger partial charge in [-0.2, -0.15) is 5.10 Å². The van der Waals surface area contributed by atoms with Crippen molar-refractivity contribution >= 4 is 17.5 Å². The van der Waals surface area contributed by atoms with Crippen LogP contribution in [0.5, 0.6) is 0 Å². The first kappa shape index (κ1) is 8.55. The lowest BCUT2D eigenvalue weighted by atomic mass is 10.1. The van der Waals surface area contributed by atoms with Crippen molar-refractivity contribution in [2.75, 3.05) is 12.3 Å². The van der Waals surface area contributed by atoms with Crippen LogP contribution in [0, 0.1) is 0 Å². The number of nitrogens with zero attached hydrogens (tertiary/aromatic N) is 1. The average molecular weight is 191 g/mol. The monoisotopic (exact) mass is 191 g/mol. The van der Waals surface area contributed by atoms with Gasteiger partial charge >= 0.3 is 6.09 Å². The number of nitrogen functional groups attached to an aromatic ring is 1. The van der Waals surface area contributed by atoms with Gasteiger partial charge in [0.1, 0.15) is 12.3 Å². The van der Waals surface area contributed by atoms with Gasteiger partial charge < -0.3 is 10.5 Å². The molecule has 1 aromatic carbocycles. The van der Waals surface area contributed by atoms with Gasteiger partial charge in [-0.1, -0.05) is 12.1 Å². The normalized spacial score (nSPS) is 15.4. The summed E-state index contributed by atoms with van der Waals surface area (Å²) in [5.74, 6) is 0. The number of amides is 1. The molecule has 0 spiro atoms. The van der Waals surface area contributed by atoms with Gasteiger partial charge in [0.05, 0.1) is 0 Å². The van der Waals surface area contributed by atoms with E-state index in [0.29, 0.717) is 11.4 Å².